The number of hydrogen-bond donors (Lipinski definition) is 1. The molecule has 96 valence electrons. The highest BCUT2D eigenvalue weighted by molar-refractivity contribution is 5.29. The molecule has 1 saturated heterocycles. The van der Waals surface area contributed by atoms with Crippen LogP contribution in [0.3, 0.4) is 0 Å². The topological polar surface area (TPSA) is 54.2 Å². The SMILES string of the molecule is CCC(NC)C(C)c1nc(N2CCCC2)no1. The molecule has 0 saturated carbocycles. The van der Waals surface area contributed by atoms with E-state index in [1.54, 1.807) is 0 Å². The first-order valence-electron chi connectivity index (χ1n) is 6.52. The molecule has 17 heavy (non-hydrogen) atoms. The fourth-order valence-electron chi connectivity index (χ4n) is 2.44. The summed E-state index contributed by atoms with van der Waals surface area (Å²) in [6, 6.07) is 0.391. The first-order chi connectivity index (χ1) is 8.26. The molecular weight excluding hydrogens is 216 g/mol. The Bertz CT molecular complexity index is 342. The first kappa shape index (κ1) is 12.4. The molecule has 5 nitrogen and oxygen atoms in total. The van der Waals surface area contributed by atoms with Crippen molar-refractivity contribution < 1.29 is 4.52 Å². The molecule has 1 aliphatic rings. The average molecular weight is 238 g/mol. The van der Waals surface area contributed by atoms with Gasteiger partial charge in [-0.25, -0.2) is 0 Å². The Morgan fingerprint density at radius 3 is 2.71 bits per heavy atom. The molecule has 1 fully saturated rings. The van der Waals surface area contributed by atoms with E-state index in [1.165, 1.54) is 12.8 Å². The number of hydrogen-bond acceptors (Lipinski definition) is 5. The smallest absolute Gasteiger partial charge is 0.266 e. The van der Waals surface area contributed by atoms with Crippen molar-refractivity contribution in [3.8, 4) is 0 Å². The molecule has 0 aliphatic carbocycles. The number of aromatic nitrogens is 2. The summed E-state index contributed by atoms with van der Waals surface area (Å²) >= 11 is 0. The van der Waals surface area contributed by atoms with Gasteiger partial charge in [0.15, 0.2) is 0 Å². The number of nitrogens with one attached hydrogen (secondary N) is 1. The fraction of sp³-hybridized carbons (Fsp3) is 0.833. The van der Waals surface area contributed by atoms with E-state index in [2.05, 4.69) is 34.2 Å². The summed E-state index contributed by atoms with van der Waals surface area (Å²) in [5.74, 6) is 1.76. The van der Waals surface area contributed by atoms with E-state index in [1.807, 2.05) is 7.05 Å². The van der Waals surface area contributed by atoms with E-state index in [4.69, 9.17) is 4.52 Å². The van der Waals surface area contributed by atoms with Crippen LogP contribution in [0, 0.1) is 0 Å². The Kier molecular flexibility index (Phi) is 3.99. The molecular formula is C12H22N4O. The maximum atomic E-state index is 5.38. The van der Waals surface area contributed by atoms with Crippen LogP contribution in [0.5, 0.6) is 0 Å². The van der Waals surface area contributed by atoms with E-state index >= 15 is 0 Å². The highest BCUT2D eigenvalue weighted by atomic mass is 16.5. The minimum atomic E-state index is 0.258. The van der Waals surface area contributed by atoms with Crippen molar-refractivity contribution in [2.24, 2.45) is 0 Å². The number of anilines is 1. The van der Waals surface area contributed by atoms with Crippen molar-refractivity contribution in [3.63, 3.8) is 0 Å². The molecule has 2 heterocycles. The average Bonchev–Trinajstić information content (AvgIpc) is 3.01. The van der Waals surface area contributed by atoms with Gasteiger partial charge in [0.1, 0.15) is 0 Å². The third-order valence-electron chi connectivity index (χ3n) is 3.62. The van der Waals surface area contributed by atoms with Crippen molar-refractivity contribution in [2.75, 3.05) is 25.0 Å². The van der Waals surface area contributed by atoms with Crippen LogP contribution in [0.2, 0.25) is 0 Å². The number of likely N-dealkylation sites (N-methyl/N-ethyl adjacent to an activating group) is 1. The Morgan fingerprint density at radius 1 is 1.41 bits per heavy atom. The van der Waals surface area contributed by atoms with Gasteiger partial charge in [-0.05, 0) is 31.5 Å². The number of nitrogens with zero attached hydrogens (tertiary/aromatic N) is 3. The highest BCUT2D eigenvalue weighted by Gasteiger charge is 2.24. The van der Waals surface area contributed by atoms with Crippen LogP contribution in [0.1, 0.15) is 44.9 Å². The largest absolute Gasteiger partial charge is 0.338 e. The lowest BCUT2D eigenvalue weighted by atomic mass is 10.00. The van der Waals surface area contributed by atoms with Gasteiger partial charge in [-0.15, -0.1) is 0 Å². The van der Waals surface area contributed by atoms with Gasteiger partial charge in [-0.1, -0.05) is 13.8 Å². The molecule has 0 spiro atoms. The minimum Gasteiger partial charge on any atom is -0.338 e. The molecule has 2 atom stereocenters. The van der Waals surface area contributed by atoms with Gasteiger partial charge in [0.05, 0.1) is 5.92 Å². The normalized spacial score (nSPS) is 19.6. The van der Waals surface area contributed by atoms with Crippen LogP contribution < -0.4 is 10.2 Å². The molecule has 1 aliphatic heterocycles. The van der Waals surface area contributed by atoms with Crippen LogP contribution in [0.25, 0.3) is 0 Å². The predicted octanol–water partition coefficient (Wildman–Crippen LogP) is 1.77. The second kappa shape index (κ2) is 5.49. The third-order valence-corrected chi connectivity index (χ3v) is 3.62. The minimum absolute atomic E-state index is 0.258. The van der Waals surface area contributed by atoms with E-state index < -0.39 is 0 Å². The van der Waals surface area contributed by atoms with E-state index in [9.17, 15) is 0 Å². The Labute approximate surface area is 103 Å². The maximum absolute atomic E-state index is 5.38. The molecule has 1 N–H and O–H groups in total. The van der Waals surface area contributed by atoms with Gasteiger partial charge >= 0.3 is 0 Å². The molecule has 1 aromatic heterocycles. The molecule has 0 aromatic carbocycles. The zero-order valence-electron chi connectivity index (χ0n) is 10.9. The summed E-state index contributed by atoms with van der Waals surface area (Å²) < 4.78 is 5.38. The van der Waals surface area contributed by atoms with Crippen molar-refractivity contribution in [2.45, 2.75) is 45.1 Å². The standard InChI is InChI=1S/C12H22N4O/c1-4-10(13-3)9(2)11-14-12(15-17-11)16-7-5-6-8-16/h9-10,13H,4-8H2,1-3H3. The summed E-state index contributed by atoms with van der Waals surface area (Å²) in [6.45, 7) is 6.40. The van der Waals surface area contributed by atoms with E-state index in [0.29, 0.717) is 6.04 Å². The molecule has 2 unspecified atom stereocenters. The molecule has 0 amide bonds. The van der Waals surface area contributed by atoms with Crippen molar-refractivity contribution in [1.29, 1.82) is 0 Å². The van der Waals surface area contributed by atoms with Crippen LogP contribution in [-0.4, -0.2) is 36.3 Å². The van der Waals surface area contributed by atoms with Crippen molar-refractivity contribution in [3.05, 3.63) is 5.89 Å². The van der Waals surface area contributed by atoms with E-state index in [0.717, 1.165) is 31.3 Å². The highest BCUT2D eigenvalue weighted by Crippen LogP contribution is 2.23. The monoisotopic (exact) mass is 238 g/mol. The van der Waals surface area contributed by atoms with E-state index in [-0.39, 0.29) is 5.92 Å². The van der Waals surface area contributed by atoms with Gasteiger partial charge in [0.25, 0.3) is 5.95 Å². The second-order valence-electron chi connectivity index (χ2n) is 4.72. The molecule has 5 heteroatoms. The van der Waals surface area contributed by atoms with Crippen LogP contribution in [0.15, 0.2) is 4.52 Å². The van der Waals surface area contributed by atoms with Crippen LogP contribution in [0.4, 0.5) is 5.95 Å². The maximum Gasteiger partial charge on any atom is 0.266 e. The van der Waals surface area contributed by atoms with Gasteiger partial charge in [0.2, 0.25) is 5.89 Å². The summed E-state index contributed by atoms with van der Waals surface area (Å²) in [6.07, 6.45) is 3.51. The lowest BCUT2D eigenvalue weighted by molar-refractivity contribution is 0.326. The summed E-state index contributed by atoms with van der Waals surface area (Å²) in [5, 5.41) is 7.37. The van der Waals surface area contributed by atoms with Crippen LogP contribution in [-0.2, 0) is 0 Å². The van der Waals surface area contributed by atoms with Gasteiger partial charge < -0.3 is 14.7 Å². The Hall–Kier alpha value is -1.10. The number of rotatable bonds is 5. The third kappa shape index (κ3) is 2.60. The Morgan fingerprint density at radius 2 is 2.12 bits per heavy atom. The van der Waals surface area contributed by atoms with Crippen molar-refractivity contribution >= 4 is 5.95 Å². The molecule has 0 radical (unpaired) electrons. The zero-order chi connectivity index (χ0) is 12.3. The molecule has 0 bridgehead atoms. The second-order valence-corrected chi connectivity index (χ2v) is 4.72. The summed E-state index contributed by atoms with van der Waals surface area (Å²) in [4.78, 5) is 6.71. The van der Waals surface area contributed by atoms with Crippen LogP contribution >= 0.6 is 0 Å². The molecule has 2 rings (SSSR count). The van der Waals surface area contributed by atoms with Gasteiger partial charge in [-0.3, -0.25) is 0 Å². The summed E-state index contributed by atoms with van der Waals surface area (Å²) in [7, 11) is 1.97. The van der Waals surface area contributed by atoms with Crippen molar-refractivity contribution in [1.82, 2.24) is 15.5 Å². The lowest BCUT2D eigenvalue weighted by Crippen LogP contribution is -2.30. The van der Waals surface area contributed by atoms with Gasteiger partial charge in [0, 0.05) is 19.1 Å². The quantitative estimate of drug-likeness (QED) is 0.847. The summed E-state index contributed by atoms with van der Waals surface area (Å²) in [5.41, 5.74) is 0. The lowest BCUT2D eigenvalue weighted by Gasteiger charge is -2.18. The Balaban J connectivity index is 2.06. The van der Waals surface area contributed by atoms with Gasteiger partial charge in [-0.2, -0.15) is 4.98 Å². The zero-order valence-corrected chi connectivity index (χ0v) is 10.9. The first-order valence-corrected chi connectivity index (χ1v) is 6.52. The fourth-order valence-corrected chi connectivity index (χ4v) is 2.44. The molecule has 1 aromatic rings. The predicted molar refractivity (Wildman–Crippen MR) is 67.3 cm³/mol.